The standard InChI is InChI=1S/C21H17F3N2O5/c1-9(20(30)25-8-16(28)29)17-10(2)26(14-5-6-15(27)19(24)18(14)17)21(31)11-3-4-12(22)13(23)7-11/h3-7,9,27H,8H2,1-2H3,(H,25,30)(H,28,29)/t9-/m1/s1. The van der Waals surface area contributed by atoms with E-state index >= 15 is 0 Å². The summed E-state index contributed by atoms with van der Waals surface area (Å²) in [6.07, 6.45) is 0. The molecule has 0 saturated heterocycles. The topological polar surface area (TPSA) is 109 Å². The number of fused-ring (bicyclic) bond motifs is 1. The molecule has 3 aromatic rings. The van der Waals surface area contributed by atoms with Crippen molar-refractivity contribution in [3.8, 4) is 5.75 Å². The Morgan fingerprint density at radius 3 is 2.39 bits per heavy atom. The number of hydrogen-bond donors (Lipinski definition) is 3. The van der Waals surface area contributed by atoms with Gasteiger partial charge >= 0.3 is 5.97 Å². The van der Waals surface area contributed by atoms with Crippen LogP contribution in [0.5, 0.6) is 5.75 Å². The van der Waals surface area contributed by atoms with E-state index < -0.39 is 53.4 Å². The van der Waals surface area contributed by atoms with Gasteiger partial charge in [0.1, 0.15) is 6.54 Å². The molecule has 31 heavy (non-hydrogen) atoms. The van der Waals surface area contributed by atoms with Crippen molar-refractivity contribution >= 4 is 28.7 Å². The van der Waals surface area contributed by atoms with E-state index in [2.05, 4.69) is 5.32 Å². The monoisotopic (exact) mass is 434 g/mol. The number of amides is 1. The molecule has 0 fully saturated rings. The van der Waals surface area contributed by atoms with Crippen LogP contribution in [0.1, 0.15) is 34.5 Å². The molecule has 162 valence electrons. The zero-order valence-corrected chi connectivity index (χ0v) is 16.4. The first-order valence-corrected chi connectivity index (χ1v) is 9.06. The number of aromatic hydroxyl groups is 1. The summed E-state index contributed by atoms with van der Waals surface area (Å²) >= 11 is 0. The highest BCUT2D eigenvalue weighted by Gasteiger charge is 2.29. The van der Waals surface area contributed by atoms with Crippen LogP contribution in [-0.4, -0.2) is 39.1 Å². The molecule has 3 rings (SSSR count). The SMILES string of the molecule is Cc1c([C@@H](C)C(=O)NCC(=O)O)c2c(F)c(O)ccc2n1C(=O)c1ccc(F)c(F)c1. The highest BCUT2D eigenvalue weighted by molar-refractivity contribution is 6.06. The largest absolute Gasteiger partial charge is 0.505 e. The Morgan fingerprint density at radius 2 is 1.77 bits per heavy atom. The number of carboxylic acid groups (broad SMARTS) is 1. The molecule has 10 heteroatoms. The maximum absolute atomic E-state index is 14.9. The number of carbonyl (C=O) groups excluding carboxylic acids is 2. The Balaban J connectivity index is 2.22. The van der Waals surface area contributed by atoms with Gasteiger partial charge in [-0.3, -0.25) is 19.0 Å². The lowest BCUT2D eigenvalue weighted by Crippen LogP contribution is -2.32. The second-order valence-electron chi connectivity index (χ2n) is 6.89. The maximum atomic E-state index is 14.9. The highest BCUT2D eigenvalue weighted by Crippen LogP contribution is 2.37. The summed E-state index contributed by atoms with van der Waals surface area (Å²) in [4.78, 5) is 36.2. The number of nitrogens with one attached hydrogen (secondary N) is 1. The van der Waals surface area contributed by atoms with Crippen molar-refractivity contribution in [1.82, 2.24) is 9.88 Å². The average Bonchev–Trinajstić information content (AvgIpc) is 3.02. The fraction of sp³-hybridized carbons (Fsp3) is 0.190. The van der Waals surface area contributed by atoms with Crippen LogP contribution in [0.25, 0.3) is 10.9 Å². The third-order valence-corrected chi connectivity index (χ3v) is 4.94. The fourth-order valence-corrected chi connectivity index (χ4v) is 3.48. The summed E-state index contributed by atoms with van der Waals surface area (Å²) in [6.45, 7) is 2.14. The van der Waals surface area contributed by atoms with Crippen LogP contribution in [0.15, 0.2) is 30.3 Å². The summed E-state index contributed by atoms with van der Waals surface area (Å²) in [6, 6.07) is 4.81. The first kappa shape index (κ1) is 21.9. The third kappa shape index (κ3) is 3.83. The van der Waals surface area contributed by atoms with E-state index in [1.807, 2.05) is 0 Å². The van der Waals surface area contributed by atoms with Crippen molar-refractivity contribution in [2.75, 3.05) is 6.54 Å². The van der Waals surface area contributed by atoms with Crippen LogP contribution < -0.4 is 5.32 Å². The molecule has 0 radical (unpaired) electrons. The van der Waals surface area contributed by atoms with Gasteiger partial charge in [0.05, 0.1) is 11.4 Å². The minimum absolute atomic E-state index is 0.00424. The van der Waals surface area contributed by atoms with Crippen LogP contribution in [0.2, 0.25) is 0 Å². The average molecular weight is 434 g/mol. The molecule has 0 aliphatic heterocycles. The summed E-state index contributed by atoms with van der Waals surface area (Å²) in [5.41, 5.74) is -0.0632. The Bertz CT molecular complexity index is 1240. The second-order valence-corrected chi connectivity index (χ2v) is 6.89. The van der Waals surface area contributed by atoms with E-state index in [1.54, 1.807) is 0 Å². The Kier molecular flexibility index (Phi) is 5.74. The molecule has 0 spiro atoms. The fourth-order valence-electron chi connectivity index (χ4n) is 3.48. The minimum Gasteiger partial charge on any atom is -0.505 e. The number of benzene rings is 2. The molecule has 1 aromatic heterocycles. The summed E-state index contributed by atoms with van der Waals surface area (Å²) in [5, 5.41) is 20.5. The molecule has 0 aliphatic carbocycles. The lowest BCUT2D eigenvalue weighted by molar-refractivity contribution is -0.138. The molecule has 0 unspecified atom stereocenters. The Morgan fingerprint density at radius 1 is 1.10 bits per heavy atom. The van der Waals surface area contributed by atoms with Crippen molar-refractivity contribution < 1.29 is 37.8 Å². The zero-order valence-electron chi connectivity index (χ0n) is 16.4. The number of hydrogen-bond acceptors (Lipinski definition) is 4. The molecule has 1 heterocycles. The van der Waals surface area contributed by atoms with Gasteiger partial charge in [0.15, 0.2) is 23.2 Å². The number of carbonyl (C=O) groups is 3. The molecule has 0 saturated carbocycles. The predicted molar refractivity (Wildman–Crippen MR) is 103 cm³/mol. The molecule has 0 aliphatic rings. The van der Waals surface area contributed by atoms with Gasteiger partial charge in [-0.1, -0.05) is 0 Å². The third-order valence-electron chi connectivity index (χ3n) is 4.94. The van der Waals surface area contributed by atoms with Crippen LogP contribution in [0, 0.1) is 24.4 Å². The van der Waals surface area contributed by atoms with Crippen molar-refractivity contribution in [2.45, 2.75) is 19.8 Å². The molecule has 1 atom stereocenters. The molecule has 0 bridgehead atoms. The zero-order chi connectivity index (χ0) is 23.0. The summed E-state index contributed by atoms with van der Waals surface area (Å²) in [5.74, 6) is -8.12. The number of aliphatic carboxylic acids is 1. The van der Waals surface area contributed by atoms with E-state index in [0.717, 1.165) is 22.8 Å². The maximum Gasteiger partial charge on any atom is 0.322 e. The first-order chi connectivity index (χ1) is 14.5. The van der Waals surface area contributed by atoms with Crippen molar-refractivity contribution in [3.05, 3.63) is 64.6 Å². The van der Waals surface area contributed by atoms with Crippen molar-refractivity contribution in [2.24, 2.45) is 0 Å². The van der Waals surface area contributed by atoms with Crippen LogP contribution in [-0.2, 0) is 9.59 Å². The molecule has 7 nitrogen and oxygen atoms in total. The number of halogens is 3. The van der Waals surface area contributed by atoms with Gasteiger partial charge in [-0.2, -0.15) is 0 Å². The predicted octanol–water partition coefficient (Wildman–Crippen LogP) is 3.07. The lowest BCUT2D eigenvalue weighted by atomic mass is 9.96. The van der Waals surface area contributed by atoms with Gasteiger partial charge in [0.25, 0.3) is 5.91 Å². The van der Waals surface area contributed by atoms with Crippen molar-refractivity contribution in [1.29, 1.82) is 0 Å². The van der Waals surface area contributed by atoms with Gasteiger partial charge < -0.3 is 15.5 Å². The van der Waals surface area contributed by atoms with Gasteiger partial charge in [0, 0.05) is 16.6 Å². The van der Waals surface area contributed by atoms with E-state index in [1.165, 1.54) is 19.9 Å². The van der Waals surface area contributed by atoms with E-state index in [9.17, 15) is 32.7 Å². The summed E-state index contributed by atoms with van der Waals surface area (Å²) in [7, 11) is 0. The number of rotatable bonds is 5. The van der Waals surface area contributed by atoms with E-state index in [-0.39, 0.29) is 27.7 Å². The lowest BCUT2D eigenvalue weighted by Gasteiger charge is -2.13. The number of carboxylic acids is 1. The van der Waals surface area contributed by atoms with E-state index in [4.69, 9.17) is 5.11 Å². The first-order valence-electron chi connectivity index (χ1n) is 9.06. The van der Waals surface area contributed by atoms with Crippen molar-refractivity contribution in [3.63, 3.8) is 0 Å². The van der Waals surface area contributed by atoms with E-state index in [0.29, 0.717) is 6.07 Å². The van der Waals surface area contributed by atoms with Gasteiger partial charge in [-0.05, 0) is 49.7 Å². The number of nitrogens with zero attached hydrogens (tertiary/aromatic N) is 1. The number of phenols is 1. The smallest absolute Gasteiger partial charge is 0.322 e. The normalized spacial score (nSPS) is 12.0. The van der Waals surface area contributed by atoms with Crippen LogP contribution in [0.4, 0.5) is 13.2 Å². The number of phenolic OH excluding ortho intramolecular Hbond substituents is 1. The molecular formula is C21H17F3N2O5. The molecule has 2 aromatic carbocycles. The molecular weight excluding hydrogens is 417 g/mol. The van der Waals surface area contributed by atoms with Gasteiger partial charge in [-0.15, -0.1) is 0 Å². The quantitative estimate of drug-likeness (QED) is 0.572. The number of aromatic nitrogens is 1. The summed E-state index contributed by atoms with van der Waals surface area (Å²) < 4.78 is 42.8. The molecule has 3 N–H and O–H groups in total. The Labute approximate surface area is 173 Å². The van der Waals surface area contributed by atoms with Gasteiger partial charge in [0.2, 0.25) is 5.91 Å². The highest BCUT2D eigenvalue weighted by atomic mass is 19.2. The second kappa shape index (κ2) is 8.13. The Hall–Kier alpha value is -3.82. The minimum atomic E-state index is -1.28. The molecule has 1 amide bonds. The van der Waals surface area contributed by atoms with Crippen LogP contribution in [0.3, 0.4) is 0 Å². The van der Waals surface area contributed by atoms with Crippen LogP contribution >= 0.6 is 0 Å². The van der Waals surface area contributed by atoms with Gasteiger partial charge in [-0.25, -0.2) is 13.2 Å².